The summed E-state index contributed by atoms with van der Waals surface area (Å²) >= 11 is 0. The average molecular weight is 319 g/mol. The molecule has 0 saturated carbocycles. The molecule has 0 atom stereocenters. The van der Waals surface area contributed by atoms with Crippen molar-refractivity contribution in [1.82, 2.24) is 4.90 Å². The Balaban J connectivity index is 2.14. The van der Waals surface area contributed by atoms with Gasteiger partial charge < -0.3 is 18.8 Å². The zero-order valence-corrected chi connectivity index (χ0v) is 14.3. The van der Waals surface area contributed by atoms with Crippen LogP contribution in [0.4, 0.5) is 0 Å². The lowest BCUT2D eigenvalue weighted by atomic mass is 10.1. The third-order valence-electron chi connectivity index (χ3n) is 3.71. The molecule has 0 aliphatic carbocycles. The fourth-order valence-electron chi connectivity index (χ4n) is 2.56. The second kappa shape index (κ2) is 8.02. The molecule has 0 aliphatic rings. The molecule has 2 rings (SSSR count). The van der Waals surface area contributed by atoms with Gasteiger partial charge >= 0.3 is 0 Å². The molecule has 0 N–H and O–H groups in total. The van der Waals surface area contributed by atoms with Crippen molar-refractivity contribution in [1.29, 1.82) is 0 Å². The molecule has 0 saturated heterocycles. The molecule has 5 nitrogen and oxygen atoms in total. The highest BCUT2D eigenvalue weighted by atomic mass is 16.5. The predicted molar refractivity (Wildman–Crippen MR) is 89.8 cm³/mol. The molecule has 5 heteroatoms. The molecular weight excluding hydrogens is 294 g/mol. The van der Waals surface area contributed by atoms with E-state index >= 15 is 0 Å². The third-order valence-corrected chi connectivity index (χ3v) is 3.71. The molecule has 0 radical (unpaired) electrons. The predicted octanol–water partition coefficient (Wildman–Crippen LogP) is 3.11. The van der Waals surface area contributed by atoms with E-state index in [1.54, 1.807) is 20.5 Å². The normalized spacial score (nSPS) is 11.2. The smallest absolute Gasteiger partial charge is 0.227 e. The SMILES string of the molecule is COCCN(CC(C)C)C(=O)Cc1coc2cc(OC)ccc12. The Hall–Kier alpha value is -2.01. The quantitative estimate of drug-likeness (QED) is 0.750. The van der Waals surface area contributed by atoms with Crippen LogP contribution in [-0.4, -0.2) is 44.7 Å². The average Bonchev–Trinajstić information content (AvgIpc) is 2.93. The van der Waals surface area contributed by atoms with Crippen LogP contribution in [-0.2, 0) is 16.0 Å². The number of fused-ring (bicyclic) bond motifs is 1. The summed E-state index contributed by atoms with van der Waals surface area (Å²) in [4.78, 5) is 14.5. The summed E-state index contributed by atoms with van der Waals surface area (Å²) < 4.78 is 15.9. The molecule has 2 aromatic rings. The minimum Gasteiger partial charge on any atom is -0.497 e. The van der Waals surface area contributed by atoms with Crippen LogP contribution < -0.4 is 4.74 Å². The van der Waals surface area contributed by atoms with Gasteiger partial charge in [0, 0.05) is 37.2 Å². The van der Waals surface area contributed by atoms with Crippen LogP contribution in [0.25, 0.3) is 11.0 Å². The van der Waals surface area contributed by atoms with Gasteiger partial charge in [-0.1, -0.05) is 13.8 Å². The van der Waals surface area contributed by atoms with Gasteiger partial charge in [0.15, 0.2) is 0 Å². The second-order valence-corrected chi connectivity index (χ2v) is 6.03. The molecule has 0 bridgehead atoms. The molecule has 1 aromatic carbocycles. The van der Waals surface area contributed by atoms with Gasteiger partial charge in [0.1, 0.15) is 11.3 Å². The maximum absolute atomic E-state index is 12.6. The molecule has 126 valence electrons. The molecule has 0 aliphatic heterocycles. The number of rotatable bonds is 8. The van der Waals surface area contributed by atoms with E-state index < -0.39 is 0 Å². The summed E-state index contributed by atoms with van der Waals surface area (Å²) in [5.41, 5.74) is 1.64. The first kappa shape index (κ1) is 17.3. The van der Waals surface area contributed by atoms with E-state index in [4.69, 9.17) is 13.9 Å². The van der Waals surface area contributed by atoms with Gasteiger partial charge in [-0.3, -0.25) is 4.79 Å². The number of hydrogen-bond donors (Lipinski definition) is 0. The first-order valence-electron chi connectivity index (χ1n) is 7.86. The molecule has 0 spiro atoms. The van der Waals surface area contributed by atoms with E-state index in [-0.39, 0.29) is 5.91 Å². The fraction of sp³-hybridized carbons (Fsp3) is 0.500. The number of hydrogen-bond acceptors (Lipinski definition) is 4. The minimum atomic E-state index is 0.0919. The Morgan fingerprint density at radius 1 is 1.30 bits per heavy atom. The van der Waals surface area contributed by atoms with E-state index in [0.29, 0.717) is 25.5 Å². The largest absolute Gasteiger partial charge is 0.497 e. The number of amides is 1. The van der Waals surface area contributed by atoms with Crippen LogP contribution in [0.1, 0.15) is 19.4 Å². The van der Waals surface area contributed by atoms with E-state index in [9.17, 15) is 4.79 Å². The van der Waals surface area contributed by atoms with E-state index in [1.165, 1.54) is 0 Å². The highest BCUT2D eigenvalue weighted by Gasteiger charge is 2.18. The number of furan rings is 1. The summed E-state index contributed by atoms with van der Waals surface area (Å²) in [6.07, 6.45) is 1.99. The molecule has 0 unspecified atom stereocenters. The lowest BCUT2D eigenvalue weighted by molar-refractivity contribution is -0.131. The molecule has 0 fully saturated rings. The molecule has 1 amide bonds. The van der Waals surface area contributed by atoms with Gasteiger partial charge in [-0.25, -0.2) is 0 Å². The Morgan fingerprint density at radius 2 is 2.09 bits per heavy atom. The molecule has 1 aromatic heterocycles. The van der Waals surface area contributed by atoms with Crippen molar-refractivity contribution in [3.63, 3.8) is 0 Å². The molecule has 23 heavy (non-hydrogen) atoms. The van der Waals surface area contributed by atoms with Gasteiger partial charge in [0.25, 0.3) is 0 Å². The summed E-state index contributed by atoms with van der Waals surface area (Å²) in [6.45, 7) is 6.09. The maximum atomic E-state index is 12.6. The third kappa shape index (κ3) is 4.48. The first-order chi connectivity index (χ1) is 11.0. The fourth-order valence-corrected chi connectivity index (χ4v) is 2.56. The van der Waals surface area contributed by atoms with Gasteiger partial charge in [-0.05, 0) is 18.1 Å². The van der Waals surface area contributed by atoms with Gasteiger partial charge in [-0.15, -0.1) is 0 Å². The van der Waals surface area contributed by atoms with Crippen LogP contribution in [0.15, 0.2) is 28.9 Å². The number of methoxy groups -OCH3 is 2. The van der Waals surface area contributed by atoms with Crippen molar-refractivity contribution in [2.75, 3.05) is 33.9 Å². The summed E-state index contributed by atoms with van der Waals surface area (Å²) in [5.74, 6) is 1.25. The van der Waals surface area contributed by atoms with Crippen molar-refractivity contribution in [2.24, 2.45) is 5.92 Å². The number of carbonyl (C=O) groups excluding carboxylic acids is 1. The van der Waals surface area contributed by atoms with Crippen LogP contribution in [0.2, 0.25) is 0 Å². The number of nitrogens with zero attached hydrogens (tertiary/aromatic N) is 1. The summed E-state index contributed by atoms with van der Waals surface area (Å²) in [6, 6.07) is 5.64. The molecule has 1 heterocycles. The Bertz CT molecular complexity index is 648. The van der Waals surface area contributed by atoms with E-state index in [2.05, 4.69) is 13.8 Å². The summed E-state index contributed by atoms with van der Waals surface area (Å²) in [7, 11) is 3.27. The van der Waals surface area contributed by atoms with Gasteiger partial charge in [0.2, 0.25) is 5.91 Å². The monoisotopic (exact) mass is 319 g/mol. The lowest BCUT2D eigenvalue weighted by Crippen LogP contribution is -2.37. The van der Waals surface area contributed by atoms with Crippen LogP contribution in [0.3, 0.4) is 0 Å². The zero-order valence-electron chi connectivity index (χ0n) is 14.3. The van der Waals surface area contributed by atoms with Crippen LogP contribution in [0, 0.1) is 5.92 Å². The second-order valence-electron chi connectivity index (χ2n) is 6.03. The van der Waals surface area contributed by atoms with E-state index in [1.807, 2.05) is 23.1 Å². The lowest BCUT2D eigenvalue weighted by Gasteiger charge is -2.24. The van der Waals surface area contributed by atoms with Crippen molar-refractivity contribution >= 4 is 16.9 Å². The van der Waals surface area contributed by atoms with Crippen molar-refractivity contribution in [3.8, 4) is 5.75 Å². The minimum absolute atomic E-state index is 0.0919. The number of carbonyl (C=O) groups is 1. The Morgan fingerprint density at radius 3 is 2.74 bits per heavy atom. The van der Waals surface area contributed by atoms with E-state index in [0.717, 1.165) is 28.8 Å². The van der Waals surface area contributed by atoms with Crippen molar-refractivity contribution in [2.45, 2.75) is 20.3 Å². The van der Waals surface area contributed by atoms with Crippen LogP contribution in [0.5, 0.6) is 5.75 Å². The topological polar surface area (TPSA) is 51.9 Å². The van der Waals surface area contributed by atoms with Crippen molar-refractivity contribution in [3.05, 3.63) is 30.0 Å². The standard InChI is InChI=1S/C18H25NO4/c1-13(2)11-19(7-8-21-3)18(20)9-14-12-23-17-10-15(22-4)5-6-16(14)17/h5-6,10,12-13H,7-9,11H2,1-4H3. The van der Waals surface area contributed by atoms with Gasteiger partial charge in [0.05, 0.1) is 26.4 Å². The zero-order chi connectivity index (χ0) is 16.8. The molecular formula is C18H25NO4. The Labute approximate surface area is 137 Å². The maximum Gasteiger partial charge on any atom is 0.227 e. The number of ether oxygens (including phenoxy) is 2. The number of benzene rings is 1. The van der Waals surface area contributed by atoms with Crippen molar-refractivity contribution < 1.29 is 18.7 Å². The highest BCUT2D eigenvalue weighted by Crippen LogP contribution is 2.26. The summed E-state index contributed by atoms with van der Waals surface area (Å²) in [5, 5.41) is 0.954. The highest BCUT2D eigenvalue weighted by molar-refractivity contribution is 5.88. The first-order valence-corrected chi connectivity index (χ1v) is 7.86. The Kier molecular flexibility index (Phi) is 6.04. The van der Waals surface area contributed by atoms with Crippen LogP contribution >= 0.6 is 0 Å². The van der Waals surface area contributed by atoms with Gasteiger partial charge in [-0.2, -0.15) is 0 Å².